The number of carbonyl (C=O) groups is 1. The lowest BCUT2D eigenvalue weighted by atomic mass is 9.88. The number of fused-ring (bicyclic) bond motifs is 2. The molecule has 0 bridgehead atoms. The molecule has 0 spiro atoms. The standard InChI is InChI=1S/C34H32N2OS/c37-32(35-34-29-16-8-7-15-28(29)24-38-31-18-10-9-17-30(31)34)23-36-21-19-27(20-22-36)33(25-11-3-1-4-12-25)26-13-5-2-6-14-26/h1-18,34H,19-24H2,(H,35,37)/t34-/m1/s1. The number of benzene rings is 4. The van der Waals surface area contributed by atoms with Crippen LogP contribution in [0.4, 0.5) is 0 Å². The van der Waals surface area contributed by atoms with Crippen LogP contribution in [-0.2, 0) is 10.5 Å². The van der Waals surface area contributed by atoms with Gasteiger partial charge in [0.1, 0.15) is 0 Å². The second kappa shape index (κ2) is 11.4. The van der Waals surface area contributed by atoms with Gasteiger partial charge >= 0.3 is 0 Å². The fourth-order valence-electron chi connectivity index (χ4n) is 5.70. The van der Waals surface area contributed by atoms with Gasteiger partial charge in [-0.25, -0.2) is 0 Å². The molecule has 0 radical (unpaired) electrons. The van der Waals surface area contributed by atoms with Gasteiger partial charge in [0, 0.05) is 23.7 Å². The SMILES string of the molecule is O=C(CN1CCC(=C(c2ccccc2)c2ccccc2)CC1)N[C@@H]1c2ccccc2CSc2ccccc21. The second-order valence-electron chi connectivity index (χ2n) is 10.0. The predicted octanol–water partition coefficient (Wildman–Crippen LogP) is 7.10. The molecule has 2 aliphatic rings. The lowest BCUT2D eigenvalue weighted by Gasteiger charge is -2.30. The zero-order valence-corrected chi connectivity index (χ0v) is 22.3. The van der Waals surface area contributed by atoms with E-state index >= 15 is 0 Å². The summed E-state index contributed by atoms with van der Waals surface area (Å²) in [4.78, 5) is 16.9. The molecule has 4 aromatic rings. The van der Waals surface area contributed by atoms with E-state index in [9.17, 15) is 4.79 Å². The topological polar surface area (TPSA) is 32.3 Å². The van der Waals surface area contributed by atoms with Crippen LogP contribution in [-0.4, -0.2) is 30.4 Å². The van der Waals surface area contributed by atoms with E-state index in [0.29, 0.717) is 6.54 Å². The maximum Gasteiger partial charge on any atom is 0.234 e. The van der Waals surface area contributed by atoms with Crippen molar-refractivity contribution in [2.24, 2.45) is 0 Å². The third kappa shape index (κ3) is 5.33. The normalized spacial score (nSPS) is 17.2. The van der Waals surface area contributed by atoms with Crippen LogP contribution >= 0.6 is 11.8 Å². The van der Waals surface area contributed by atoms with Crippen molar-refractivity contribution in [1.82, 2.24) is 10.2 Å². The molecule has 0 saturated carbocycles. The molecular formula is C34H32N2OS. The highest BCUT2D eigenvalue weighted by molar-refractivity contribution is 7.98. The Bertz CT molecular complexity index is 1350. The summed E-state index contributed by atoms with van der Waals surface area (Å²) in [6.07, 6.45) is 1.94. The van der Waals surface area contributed by atoms with Crippen molar-refractivity contribution in [3.8, 4) is 0 Å². The summed E-state index contributed by atoms with van der Waals surface area (Å²) in [7, 11) is 0. The first kappa shape index (κ1) is 24.7. The van der Waals surface area contributed by atoms with Crippen LogP contribution in [0, 0.1) is 0 Å². The maximum absolute atomic E-state index is 13.4. The third-order valence-corrected chi connectivity index (χ3v) is 8.73. The number of nitrogens with zero attached hydrogens (tertiary/aromatic N) is 1. The van der Waals surface area contributed by atoms with Crippen LogP contribution in [0.15, 0.2) is 120 Å². The summed E-state index contributed by atoms with van der Waals surface area (Å²) >= 11 is 1.85. The lowest BCUT2D eigenvalue weighted by molar-refractivity contribution is -0.122. The molecule has 1 saturated heterocycles. The Morgan fingerprint density at radius 2 is 1.32 bits per heavy atom. The largest absolute Gasteiger partial charge is 0.344 e. The minimum Gasteiger partial charge on any atom is -0.344 e. The van der Waals surface area contributed by atoms with Gasteiger partial charge in [-0.3, -0.25) is 9.69 Å². The molecule has 1 atom stereocenters. The van der Waals surface area contributed by atoms with Crippen LogP contribution in [0.1, 0.15) is 46.7 Å². The lowest BCUT2D eigenvalue weighted by Crippen LogP contribution is -2.41. The van der Waals surface area contributed by atoms with E-state index in [2.05, 4.69) is 119 Å². The Morgan fingerprint density at radius 3 is 2.00 bits per heavy atom. The fraction of sp³-hybridized carbons (Fsp3) is 0.206. The van der Waals surface area contributed by atoms with Gasteiger partial charge in [-0.05, 0) is 52.3 Å². The summed E-state index contributed by atoms with van der Waals surface area (Å²) in [6, 6.07) is 38.3. The van der Waals surface area contributed by atoms with Gasteiger partial charge in [-0.2, -0.15) is 0 Å². The smallest absolute Gasteiger partial charge is 0.234 e. The number of thioether (sulfide) groups is 1. The molecule has 1 amide bonds. The molecule has 3 nitrogen and oxygen atoms in total. The Labute approximate surface area is 229 Å². The van der Waals surface area contributed by atoms with E-state index in [1.807, 2.05) is 11.8 Å². The average molecular weight is 517 g/mol. The molecule has 0 aromatic heterocycles. The van der Waals surface area contributed by atoms with Crippen molar-refractivity contribution < 1.29 is 4.79 Å². The molecule has 4 aromatic carbocycles. The van der Waals surface area contributed by atoms with E-state index < -0.39 is 0 Å². The van der Waals surface area contributed by atoms with Crippen LogP contribution < -0.4 is 5.32 Å². The Kier molecular flexibility index (Phi) is 7.43. The first-order valence-electron chi connectivity index (χ1n) is 13.4. The van der Waals surface area contributed by atoms with Crippen molar-refractivity contribution in [2.45, 2.75) is 29.5 Å². The van der Waals surface area contributed by atoms with Gasteiger partial charge in [0.15, 0.2) is 0 Å². The number of likely N-dealkylation sites (tertiary alicyclic amines) is 1. The van der Waals surface area contributed by atoms with E-state index in [1.54, 1.807) is 0 Å². The van der Waals surface area contributed by atoms with E-state index in [-0.39, 0.29) is 11.9 Å². The van der Waals surface area contributed by atoms with Crippen molar-refractivity contribution in [1.29, 1.82) is 0 Å². The number of hydrogen-bond donors (Lipinski definition) is 1. The zero-order chi connectivity index (χ0) is 25.7. The van der Waals surface area contributed by atoms with Crippen LogP contribution in [0.25, 0.3) is 5.57 Å². The molecule has 2 aliphatic heterocycles. The summed E-state index contributed by atoms with van der Waals surface area (Å²) < 4.78 is 0. The average Bonchev–Trinajstić information content (AvgIpc) is 3.12. The van der Waals surface area contributed by atoms with Gasteiger partial charge < -0.3 is 5.32 Å². The number of rotatable bonds is 5. The monoisotopic (exact) mass is 516 g/mol. The van der Waals surface area contributed by atoms with Crippen LogP contribution in [0.5, 0.6) is 0 Å². The molecular weight excluding hydrogens is 484 g/mol. The maximum atomic E-state index is 13.4. The van der Waals surface area contributed by atoms with E-state index in [1.165, 1.54) is 43.9 Å². The Morgan fingerprint density at radius 1 is 0.737 bits per heavy atom. The van der Waals surface area contributed by atoms with E-state index in [0.717, 1.165) is 31.7 Å². The quantitative estimate of drug-likeness (QED) is 0.307. The number of hydrogen-bond acceptors (Lipinski definition) is 3. The summed E-state index contributed by atoms with van der Waals surface area (Å²) in [5.74, 6) is 1.01. The van der Waals surface area contributed by atoms with Crippen molar-refractivity contribution >= 4 is 23.2 Å². The van der Waals surface area contributed by atoms with Crippen LogP contribution in [0.3, 0.4) is 0 Å². The fourth-order valence-corrected chi connectivity index (χ4v) is 6.80. The van der Waals surface area contributed by atoms with Crippen molar-refractivity contribution in [2.75, 3.05) is 19.6 Å². The number of nitrogens with one attached hydrogen (secondary N) is 1. The van der Waals surface area contributed by atoms with Crippen molar-refractivity contribution in [3.05, 3.63) is 143 Å². The molecule has 1 N–H and O–H groups in total. The number of amides is 1. The molecule has 1 fully saturated rings. The molecule has 0 aliphatic carbocycles. The minimum atomic E-state index is -0.118. The number of piperidine rings is 1. The number of carbonyl (C=O) groups excluding carboxylic acids is 1. The molecule has 190 valence electrons. The molecule has 0 unspecified atom stereocenters. The van der Waals surface area contributed by atoms with Gasteiger partial charge in [0.25, 0.3) is 0 Å². The Balaban J connectivity index is 1.18. The van der Waals surface area contributed by atoms with Crippen molar-refractivity contribution in [3.63, 3.8) is 0 Å². The van der Waals surface area contributed by atoms with Gasteiger partial charge in [0.2, 0.25) is 5.91 Å². The summed E-state index contributed by atoms with van der Waals surface area (Å²) in [6.45, 7) is 2.20. The first-order chi connectivity index (χ1) is 18.8. The van der Waals surface area contributed by atoms with Crippen LogP contribution in [0.2, 0.25) is 0 Å². The third-order valence-electron chi connectivity index (χ3n) is 7.59. The Hall–Kier alpha value is -3.60. The molecule has 2 heterocycles. The summed E-state index contributed by atoms with van der Waals surface area (Å²) in [5, 5.41) is 3.40. The van der Waals surface area contributed by atoms with E-state index in [4.69, 9.17) is 0 Å². The highest BCUT2D eigenvalue weighted by Gasteiger charge is 2.27. The molecule has 38 heavy (non-hydrogen) atoms. The highest BCUT2D eigenvalue weighted by Crippen LogP contribution is 2.39. The second-order valence-corrected chi connectivity index (χ2v) is 11.0. The molecule has 6 rings (SSSR count). The minimum absolute atomic E-state index is 0.0882. The summed E-state index contributed by atoms with van der Waals surface area (Å²) in [5.41, 5.74) is 9.04. The van der Waals surface area contributed by atoms with Gasteiger partial charge in [0.05, 0.1) is 12.6 Å². The molecule has 4 heteroatoms. The first-order valence-corrected chi connectivity index (χ1v) is 14.4. The zero-order valence-electron chi connectivity index (χ0n) is 21.5. The highest BCUT2D eigenvalue weighted by atomic mass is 32.2. The van der Waals surface area contributed by atoms with Gasteiger partial charge in [-0.15, -0.1) is 11.8 Å². The van der Waals surface area contributed by atoms with Gasteiger partial charge in [-0.1, -0.05) is 109 Å². The predicted molar refractivity (Wildman–Crippen MR) is 157 cm³/mol.